The van der Waals surface area contributed by atoms with E-state index in [4.69, 9.17) is 4.74 Å². The zero-order valence-corrected chi connectivity index (χ0v) is 16.9. The Morgan fingerprint density at radius 2 is 1.76 bits per heavy atom. The fourth-order valence-corrected chi connectivity index (χ4v) is 3.25. The topological polar surface area (TPSA) is 62.8 Å². The standard InChI is InChI=1S/C20H30F3N3O3/c1-15-11-26(12-16(2)29-15)9-3-8-24-19(27)25-10-17-4-6-18(7-5-17)13-28-14-20(21,22)23/h4-7,15-16H,3,8-14H2,1-2H3,(H2,24,25,27). The van der Waals surface area contributed by atoms with Crippen LogP contribution in [0.4, 0.5) is 18.0 Å². The van der Waals surface area contributed by atoms with Crippen molar-refractivity contribution < 1.29 is 27.4 Å². The summed E-state index contributed by atoms with van der Waals surface area (Å²) in [5, 5.41) is 5.60. The van der Waals surface area contributed by atoms with Crippen LogP contribution in [0.15, 0.2) is 24.3 Å². The van der Waals surface area contributed by atoms with Gasteiger partial charge in [0.15, 0.2) is 0 Å². The Hall–Kier alpha value is -1.84. The molecule has 1 aliphatic rings. The third kappa shape index (κ3) is 9.96. The minimum absolute atomic E-state index is 0.103. The van der Waals surface area contributed by atoms with Gasteiger partial charge in [-0.3, -0.25) is 4.90 Å². The van der Waals surface area contributed by atoms with Crippen LogP contribution in [0.3, 0.4) is 0 Å². The van der Waals surface area contributed by atoms with Gasteiger partial charge in [-0.25, -0.2) is 4.79 Å². The van der Waals surface area contributed by atoms with Crippen LogP contribution in [0.25, 0.3) is 0 Å². The van der Waals surface area contributed by atoms with Crippen LogP contribution >= 0.6 is 0 Å². The molecule has 2 rings (SSSR count). The summed E-state index contributed by atoms with van der Waals surface area (Å²) >= 11 is 0. The summed E-state index contributed by atoms with van der Waals surface area (Å²) in [7, 11) is 0. The molecule has 0 saturated carbocycles. The molecule has 2 unspecified atom stereocenters. The third-order valence-electron chi connectivity index (χ3n) is 4.44. The molecule has 1 saturated heterocycles. The van der Waals surface area contributed by atoms with E-state index in [1.165, 1.54) is 0 Å². The normalized spacial score (nSPS) is 20.4. The van der Waals surface area contributed by atoms with Gasteiger partial charge in [-0.2, -0.15) is 13.2 Å². The average molecular weight is 417 g/mol. The maximum Gasteiger partial charge on any atom is 0.411 e. The van der Waals surface area contributed by atoms with Gasteiger partial charge in [0.2, 0.25) is 0 Å². The van der Waals surface area contributed by atoms with Crippen LogP contribution in [0.2, 0.25) is 0 Å². The molecule has 1 aliphatic heterocycles. The Bertz CT molecular complexity index is 616. The van der Waals surface area contributed by atoms with E-state index in [1.807, 2.05) is 0 Å². The van der Waals surface area contributed by atoms with E-state index >= 15 is 0 Å². The Morgan fingerprint density at radius 3 is 2.38 bits per heavy atom. The van der Waals surface area contributed by atoms with E-state index in [-0.39, 0.29) is 24.8 Å². The molecule has 29 heavy (non-hydrogen) atoms. The fraction of sp³-hybridized carbons (Fsp3) is 0.650. The smallest absolute Gasteiger partial charge is 0.373 e. The van der Waals surface area contributed by atoms with Gasteiger partial charge >= 0.3 is 12.2 Å². The number of urea groups is 1. The molecule has 2 N–H and O–H groups in total. The van der Waals surface area contributed by atoms with Crippen molar-refractivity contribution in [3.63, 3.8) is 0 Å². The Kier molecular flexibility index (Phi) is 9.19. The zero-order valence-electron chi connectivity index (χ0n) is 16.9. The molecular formula is C20H30F3N3O3. The van der Waals surface area contributed by atoms with Crippen molar-refractivity contribution in [3.8, 4) is 0 Å². The van der Waals surface area contributed by atoms with Gasteiger partial charge in [0.25, 0.3) is 0 Å². The minimum atomic E-state index is -4.32. The highest BCUT2D eigenvalue weighted by Gasteiger charge is 2.27. The van der Waals surface area contributed by atoms with Crippen molar-refractivity contribution in [1.82, 2.24) is 15.5 Å². The van der Waals surface area contributed by atoms with Crippen molar-refractivity contribution in [2.45, 2.75) is 51.8 Å². The largest absolute Gasteiger partial charge is 0.411 e. The second-order valence-corrected chi connectivity index (χ2v) is 7.40. The zero-order chi connectivity index (χ0) is 21.3. The van der Waals surface area contributed by atoms with Gasteiger partial charge in [0.05, 0.1) is 18.8 Å². The number of amides is 2. The number of carbonyl (C=O) groups excluding carboxylic acids is 1. The monoisotopic (exact) mass is 417 g/mol. The van der Waals surface area contributed by atoms with E-state index in [9.17, 15) is 18.0 Å². The number of rotatable bonds is 9. The van der Waals surface area contributed by atoms with Crippen molar-refractivity contribution in [2.75, 3.05) is 32.8 Å². The lowest BCUT2D eigenvalue weighted by molar-refractivity contribution is -0.176. The van der Waals surface area contributed by atoms with Gasteiger partial charge in [0, 0.05) is 32.7 Å². The SMILES string of the molecule is CC1CN(CCCNC(=O)NCc2ccc(COCC(F)(F)F)cc2)CC(C)O1. The number of halogens is 3. The molecule has 1 aromatic rings. The van der Waals surface area contributed by atoms with Crippen LogP contribution in [0.5, 0.6) is 0 Å². The number of nitrogens with one attached hydrogen (secondary N) is 2. The number of nitrogens with zero attached hydrogens (tertiary/aromatic N) is 1. The van der Waals surface area contributed by atoms with Crippen LogP contribution < -0.4 is 10.6 Å². The first-order chi connectivity index (χ1) is 13.7. The van der Waals surface area contributed by atoms with Crippen LogP contribution in [-0.4, -0.2) is 62.1 Å². The van der Waals surface area contributed by atoms with Gasteiger partial charge in [-0.05, 0) is 31.4 Å². The molecule has 1 aromatic carbocycles. The number of morpholine rings is 1. The Morgan fingerprint density at radius 1 is 1.14 bits per heavy atom. The van der Waals surface area contributed by atoms with Crippen molar-refractivity contribution in [2.24, 2.45) is 0 Å². The number of ether oxygens (including phenoxy) is 2. The van der Waals surface area contributed by atoms with Gasteiger partial charge < -0.3 is 20.1 Å². The van der Waals surface area contributed by atoms with E-state index in [0.717, 1.165) is 31.6 Å². The third-order valence-corrected chi connectivity index (χ3v) is 4.44. The predicted octanol–water partition coefficient (Wildman–Crippen LogP) is 3.06. The maximum atomic E-state index is 12.1. The van der Waals surface area contributed by atoms with Gasteiger partial charge in [-0.1, -0.05) is 24.3 Å². The first-order valence-electron chi connectivity index (χ1n) is 9.83. The van der Waals surface area contributed by atoms with Crippen LogP contribution in [0, 0.1) is 0 Å². The number of alkyl halides is 3. The average Bonchev–Trinajstić information content (AvgIpc) is 2.63. The summed E-state index contributed by atoms with van der Waals surface area (Å²) in [6.07, 6.45) is -2.99. The number of hydrogen-bond donors (Lipinski definition) is 2. The number of benzene rings is 1. The molecule has 0 aliphatic carbocycles. The van der Waals surface area contributed by atoms with E-state index < -0.39 is 12.8 Å². The Balaban J connectivity index is 1.57. The summed E-state index contributed by atoms with van der Waals surface area (Å²) in [6.45, 7) is 6.43. The molecule has 1 heterocycles. The van der Waals surface area contributed by atoms with Crippen molar-refractivity contribution in [1.29, 1.82) is 0 Å². The first-order valence-corrected chi connectivity index (χ1v) is 9.83. The van der Waals surface area contributed by atoms with Crippen molar-refractivity contribution >= 4 is 6.03 Å². The quantitative estimate of drug-likeness (QED) is 0.607. The summed E-state index contributed by atoms with van der Waals surface area (Å²) in [6, 6.07) is 6.65. The van der Waals surface area contributed by atoms with E-state index in [0.29, 0.717) is 18.7 Å². The fourth-order valence-electron chi connectivity index (χ4n) is 3.25. The van der Waals surface area contributed by atoms with Crippen LogP contribution in [-0.2, 0) is 22.6 Å². The van der Waals surface area contributed by atoms with E-state index in [1.54, 1.807) is 24.3 Å². The predicted molar refractivity (Wildman–Crippen MR) is 103 cm³/mol. The Labute approximate surface area is 169 Å². The molecular weight excluding hydrogens is 387 g/mol. The van der Waals surface area contributed by atoms with E-state index in [2.05, 4.69) is 34.1 Å². The van der Waals surface area contributed by atoms with Gasteiger partial charge in [0.1, 0.15) is 6.61 Å². The molecule has 0 bridgehead atoms. The molecule has 6 nitrogen and oxygen atoms in total. The summed E-state index contributed by atoms with van der Waals surface area (Å²) in [4.78, 5) is 14.2. The first kappa shape index (κ1) is 23.4. The highest BCUT2D eigenvalue weighted by Crippen LogP contribution is 2.16. The lowest BCUT2D eigenvalue weighted by Gasteiger charge is -2.35. The summed E-state index contributed by atoms with van der Waals surface area (Å²) < 4.78 is 46.5. The number of carbonyl (C=O) groups is 1. The minimum Gasteiger partial charge on any atom is -0.373 e. The molecule has 0 spiro atoms. The van der Waals surface area contributed by atoms with Gasteiger partial charge in [-0.15, -0.1) is 0 Å². The lowest BCUT2D eigenvalue weighted by Crippen LogP contribution is -2.46. The molecule has 0 radical (unpaired) electrons. The highest BCUT2D eigenvalue weighted by atomic mass is 19.4. The molecule has 1 fully saturated rings. The molecule has 2 atom stereocenters. The number of hydrogen-bond acceptors (Lipinski definition) is 4. The summed E-state index contributed by atoms with van der Waals surface area (Å²) in [5.41, 5.74) is 1.50. The summed E-state index contributed by atoms with van der Waals surface area (Å²) in [5.74, 6) is 0. The highest BCUT2D eigenvalue weighted by molar-refractivity contribution is 5.73. The van der Waals surface area contributed by atoms with Crippen LogP contribution in [0.1, 0.15) is 31.4 Å². The second-order valence-electron chi connectivity index (χ2n) is 7.40. The second kappa shape index (κ2) is 11.4. The van der Waals surface area contributed by atoms with Crippen molar-refractivity contribution in [3.05, 3.63) is 35.4 Å². The molecule has 164 valence electrons. The maximum absolute atomic E-state index is 12.1. The molecule has 0 aromatic heterocycles. The lowest BCUT2D eigenvalue weighted by atomic mass is 10.1. The molecule has 2 amide bonds. The molecule has 9 heteroatoms.